The molecular weight excluding hydrogens is 374 g/mol. The number of hydrogen-bond acceptors (Lipinski definition) is 7. The van der Waals surface area contributed by atoms with Crippen molar-refractivity contribution in [2.75, 3.05) is 11.9 Å². The van der Waals surface area contributed by atoms with Gasteiger partial charge in [0.15, 0.2) is 5.03 Å². The number of benzene rings is 2. The van der Waals surface area contributed by atoms with Crippen LogP contribution in [0.1, 0.15) is 0 Å². The fourth-order valence-corrected chi connectivity index (χ4v) is 3.85. The molecule has 0 unspecified atom stereocenters. The van der Waals surface area contributed by atoms with Gasteiger partial charge in [0.25, 0.3) is 0 Å². The molecule has 0 aliphatic heterocycles. The lowest BCUT2D eigenvalue weighted by molar-refractivity contribution is -0.387. The Morgan fingerprint density at radius 2 is 1.75 bits per heavy atom. The van der Waals surface area contributed by atoms with Gasteiger partial charge in [-0.05, 0) is 24.3 Å². The van der Waals surface area contributed by atoms with Crippen LogP contribution in [0.4, 0.5) is 17.2 Å². The molecule has 0 spiro atoms. The summed E-state index contributed by atoms with van der Waals surface area (Å²) in [5, 5.41) is 13.1. The zero-order valence-electron chi connectivity index (χ0n) is 14.9. The molecule has 2 aromatic carbocycles. The molecule has 0 saturated heterocycles. The third-order valence-electron chi connectivity index (χ3n) is 4.22. The van der Waals surface area contributed by atoms with E-state index in [2.05, 4.69) is 15.0 Å². The predicted octanol–water partition coefficient (Wildman–Crippen LogP) is 4.85. The van der Waals surface area contributed by atoms with Gasteiger partial charge in [-0.3, -0.25) is 15.1 Å². The molecule has 0 atom stereocenters. The minimum Gasteiger partial charge on any atom is -0.324 e. The molecule has 4 rings (SSSR count). The van der Waals surface area contributed by atoms with Crippen LogP contribution in [0.25, 0.3) is 10.9 Å². The average Bonchev–Trinajstić information content (AvgIpc) is 2.74. The number of anilines is 2. The van der Waals surface area contributed by atoms with Gasteiger partial charge in [0.05, 0.1) is 10.4 Å². The first kappa shape index (κ1) is 17.9. The first-order valence-electron chi connectivity index (χ1n) is 8.45. The number of aromatic nitrogens is 3. The number of pyridine rings is 1. The summed E-state index contributed by atoms with van der Waals surface area (Å²) in [6.07, 6.45) is 3.05. The standard InChI is InChI=1S/C20H15N5O2S/c1-24(15-9-3-2-4-10-15)19-18(25(26)27)20(23-13-22-19)28-16-11-5-7-14-8-6-12-21-17(14)16/h2-13H,1H3. The molecule has 0 aliphatic rings. The zero-order chi connectivity index (χ0) is 19.5. The Morgan fingerprint density at radius 3 is 2.54 bits per heavy atom. The third-order valence-corrected chi connectivity index (χ3v) is 5.26. The van der Waals surface area contributed by atoms with E-state index in [0.717, 1.165) is 21.5 Å². The molecular formula is C20H15N5O2S. The highest BCUT2D eigenvalue weighted by atomic mass is 32.2. The Balaban J connectivity index is 1.81. The minimum absolute atomic E-state index is 0.133. The lowest BCUT2D eigenvalue weighted by Gasteiger charge is -2.18. The van der Waals surface area contributed by atoms with Gasteiger partial charge in [0.1, 0.15) is 6.33 Å². The number of nitro groups is 1. The maximum absolute atomic E-state index is 11.9. The Morgan fingerprint density at radius 1 is 0.964 bits per heavy atom. The summed E-state index contributed by atoms with van der Waals surface area (Å²) >= 11 is 1.22. The van der Waals surface area contributed by atoms with Gasteiger partial charge in [-0.1, -0.05) is 48.2 Å². The van der Waals surface area contributed by atoms with E-state index in [4.69, 9.17) is 0 Å². The normalized spacial score (nSPS) is 10.8. The van der Waals surface area contributed by atoms with Crippen molar-refractivity contribution in [2.45, 2.75) is 9.92 Å². The van der Waals surface area contributed by atoms with Crippen LogP contribution in [-0.2, 0) is 0 Å². The van der Waals surface area contributed by atoms with E-state index >= 15 is 0 Å². The van der Waals surface area contributed by atoms with Crippen LogP contribution in [0.3, 0.4) is 0 Å². The number of para-hydroxylation sites is 2. The molecule has 0 radical (unpaired) electrons. The van der Waals surface area contributed by atoms with E-state index in [0.29, 0.717) is 0 Å². The van der Waals surface area contributed by atoms with Crippen molar-refractivity contribution in [2.24, 2.45) is 0 Å². The van der Waals surface area contributed by atoms with Crippen molar-refractivity contribution in [3.8, 4) is 0 Å². The summed E-state index contributed by atoms with van der Waals surface area (Å²) in [6, 6.07) is 18.9. The summed E-state index contributed by atoms with van der Waals surface area (Å²) in [5.41, 5.74) is 1.44. The van der Waals surface area contributed by atoms with E-state index in [-0.39, 0.29) is 16.5 Å². The fraction of sp³-hybridized carbons (Fsp3) is 0.0500. The summed E-state index contributed by atoms with van der Waals surface area (Å²) in [7, 11) is 1.75. The molecule has 0 amide bonds. The third kappa shape index (κ3) is 3.37. The second-order valence-corrected chi connectivity index (χ2v) is 6.97. The molecule has 28 heavy (non-hydrogen) atoms. The predicted molar refractivity (Wildman–Crippen MR) is 109 cm³/mol. The maximum atomic E-state index is 11.9. The number of fused-ring (bicyclic) bond motifs is 1. The number of hydrogen-bond donors (Lipinski definition) is 0. The van der Waals surface area contributed by atoms with Crippen molar-refractivity contribution >= 4 is 39.9 Å². The Hall–Kier alpha value is -3.52. The summed E-state index contributed by atoms with van der Waals surface area (Å²) in [4.78, 5) is 26.7. The van der Waals surface area contributed by atoms with Crippen LogP contribution in [0.2, 0.25) is 0 Å². The average molecular weight is 389 g/mol. The molecule has 2 aromatic heterocycles. The molecule has 138 valence electrons. The lowest BCUT2D eigenvalue weighted by Crippen LogP contribution is -2.14. The van der Waals surface area contributed by atoms with Gasteiger partial charge in [0.2, 0.25) is 5.82 Å². The van der Waals surface area contributed by atoms with Crippen LogP contribution in [0.15, 0.2) is 83.1 Å². The lowest BCUT2D eigenvalue weighted by atomic mass is 10.2. The van der Waals surface area contributed by atoms with Crippen molar-refractivity contribution in [3.05, 3.63) is 83.3 Å². The monoisotopic (exact) mass is 389 g/mol. The molecule has 2 heterocycles. The van der Waals surface area contributed by atoms with Gasteiger partial charge in [-0.25, -0.2) is 9.97 Å². The quantitative estimate of drug-likeness (QED) is 0.274. The second kappa shape index (κ2) is 7.61. The van der Waals surface area contributed by atoms with Crippen LogP contribution in [0, 0.1) is 10.1 Å². The van der Waals surface area contributed by atoms with Crippen LogP contribution >= 0.6 is 11.8 Å². The highest BCUT2D eigenvalue weighted by Crippen LogP contribution is 2.40. The van der Waals surface area contributed by atoms with Gasteiger partial charge >= 0.3 is 5.69 Å². The van der Waals surface area contributed by atoms with Gasteiger partial charge in [-0.2, -0.15) is 0 Å². The van der Waals surface area contributed by atoms with Crippen molar-refractivity contribution in [1.29, 1.82) is 0 Å². The summed E-state index contributed by atoms with van der Waals surface area (Å²) in [5.74, 6) is 0.238. The van der Waals surface area contributed by atoms with E-state index in [1.54, 1.807) is 18.1 Å². The Bertz CT molecular complexity index is 1150. The van der Waals surface area contributed by atoms with Crippen molar-refractivity contribution < 1.29 is 4.92 Å². The number of nitrogens with zero attached hydrogens (tertiary/aromatic N) is 5. The molecule has 0 fully saturated rings. The van der Waals surface area contributed by atoms with Crippen molar-refractivity contribution in [3.63, 3.8) is 0 Å². The maximum Gasteiger partial charge on any atom is 0.344 e. The van der Waals surface area contributed by atoms with E-state index in [1.807, 2.05) is 60.7 Å². The van der Waals surface area contributed by atoms with E-state index < -0.39 is 4.92 Å². The van der Waals surface area contributed by atoms with Crippen LogP contribution in [-0.4, -0.2) is 26.9 Å². The van der Waals surface area contributed by atoms with Crippen molar-refractivity contribution in [1.82, 2.24) is 15.0 Å². The fourth-order valence-electron chi connectivity index (χ4n) is 2.87. The largest absolute Gasteiger partial charge is 0.344 e. The first-order valence-corrected chi connectivity index (χ1v) is 9.26. The SMILES string of the molecule is CN(c1ccccc1)c1ncnc(Sc2cccc3cccnc23)c1[N+](=O)[O-]. The van der Waals surface area contributed by atoms with Crippen LogP contribution in [0.5, 0.6) is 0 Å². The smallest absolute Gasteiger partial charge is 0.324 e. The van der Waals surface area contributed by atoms with Gasteiger partial charge < -0.3 is 4.90 Å². The minimum atomic E-state index is -0.435. The molecule has 4 aromatic rings. The van der Waals surface area contributed by atoms with E-state index in [9.17, 15) is 10.1 Å². The molecule has 0 N–H and O–H groups in total. The highest BCUT2D eigenvalue weighted by molar-refractivity contribution is 7.99. The molecule has 8 heteroatoms. The topological polar surface area (TPSA) is 85.0 Å². The molecule has 0 aliphatic carbocycles. The molecule has 7 nitrogen and oxygen atoms in total. The summed E-state index contributed by atoms with van der Waals surface area (Å²) in [6.45, 7) is 0. The van der Waals surface area contributed by atoms with Gasteiger partial charge in [0, 0.05) is 29.2 Å². The van der Waals surface area contributed by atoms with E-state index in [1.165, 1.54) is 18.1 Å². The Kier molecular flexibility index (Phi) is 4.86. The summed E-state index contributed by atoms with van der Waals surface area (Å²) < 4.78 is 0. The van der Waals surface area contributed by atoms with Crippen LogP contribution < -0.4 is 4.90 Å². The highest BCUT2D eigenvalue weighted by Gasteiger charge is 2.27. The first-order chi connectivity index (χ1) is 13.6. The second-order valence-electron chi connectivity index (χ2n) is 5.94. The number of rotatable bonds is 5. The molecule has 0 bridgehead atoms. The Labute approximate surface area is 165 Å². The van der Waals surface area contributed by atoms with Gasteiger partial charge in [-0.15, -0.1) is 0 Å². The zero-order valence-corrected chi connectivity index (χ0v) is 15.7. The molecule has 0 saturated carbocycles.